The third kappa shape index (κ3) is 11.0. The van der Waals surface area contributed by atoms with Gasteiger partial charge in [0.05, 0.1) is 0 Å². The molecule has 18 rings (SSSR count). The van der Waals surface area contributed by atoms with Crippen LogP contribution < -0.4 is 8.92 Å². The van der Waals surface area contributed by atoms with E-state index in [4.69, 9.17) is 19.9 Å². The van der Waals surface area contributed by atoms with Crippen molar-refractivity contribution < 1.29 is 0 Å². The average Bonchev–Trinajstić information content (AvgIpc) is 1.62. The number of rotatable bonds is 11. The fourth-order valence-electron chi connectivity index (χ4n) is 13.9. The van der Waals surface area contributed by atoms with E-state index in [1.165, 1.54) is 8.92 Å². The van der Waals surface area contributed by atoms with E-state index in [0.717, 1.165) is 179 Å². The van der Waals surface area contributed by atoms with Crippen LogP contribution in [-0.2, 0) is 0 Å². The monoisotopic (exact) mass is 1390 g/mol. The van der Waals surface area contributed by atoms with E-state index in [1.54, 1.807) is 0 Å². The zero-order valence-electron chi connectivity index (χ0n) is 52.8. The summed E-state index contributed by atoms with van der Waals surface area (Å²) in [5.74, 6) is 0. The predicted octanol–water partition coefficient (Wildman–Crippen LogP) is 20.2. The molecule has 0 saturated heterocycles. The first kappa shape index (κ1) is 58.6. The minimum absolute atomic E-state index is 0.186. The number of nitrogens with one attached hydrogen (secondary N) is 4. The van der Waals surface area contributed by atoms with E-state index in [1.807, 2.05) is 0 Å². The third-order valence-corrected chi connectivity index (χ3v) is 25.6. The Morgan fingerprint density at radius 3 is 0.480 bits per heavy atom. The molecule has 10 heterocycles. The van der Waals surface area contributed by atoms with Gasteiger partial charge < -0.3 is 0 Å². The summed E-state index contributed by atoms with van der Waals surface area (Å²) in [4.78, 5) is 37.8. The number of aromatic nitrogens is 8. The number of fused-ring (bicyclic) bond motifs is 16. The standard InChI is InChI=1S/C88H58N8Se2/c1-7-19-55(20-8-1)81-65-39-43-69(89-65)83(57-23-11-3-12-24-57)73-47-51-77(93-73)87(78-52-48-74(94-78)84(58-25-13-4-14-26-58)70-44-40-66(81)90-70)61-31-35-63(36-32-61)97-98-64-37-33-62(34-38-64)88-79-53-49-75(95-79)85(59-27-15-5-16-28-59)71-45-41-67(91-71)82(56-21-9-2-10-22-56)68-42-46-72(92-68)86(60-29-17-6-18-30-60)76-50-54-80(88)96-76/h1-54,89,91,94,96H. The summed E-state index contributed by atoms with van der Waals surface area (Å²) in [6.07, 6.45) is 17.3. The second-order valence-corrected chi connectivity index (χ2v) is 30.7. The fourth-order valence-corrected chi connectivity index (χ4v) is 19.9. The van der Waals surface area contributed by atoms with Crippen molar-refractivity contribution in [3.8, 4) is 89.0 Å². The molecule has 8 aromatic carbocycles. The summed E-state index contributed by atoms with van der Waals surface area (Å²) in [6, 6.07) is 99.4. The molecule has 8 nitrogen and oxygen atoms in total. The molecule has 0 radical (unpaired) electrons. The van der Waals surface area contributed by atoms with E-state index in [2.05, 4.69) is 348 Å². The average molecular weight is 1390 g/mol. The second kappa shape index (κ2) is 25.3. The summed E-state index contributed by atoms with van der Waals surface area (Å²) < 4.78 is 2.67. The van der Waals surface area contributed by atoms with Crippen LogP contribution in [0.3, 0.4) is 0 Å². The Morgan fingerprint density at radius 1 is 0.163 bits per heavy atom. The van der Waals surface area contributed by atoms with Crippen LogP contribution in [0, 0.1) is 0 Å². The topological polar surface area (TPSA) is 115 Å². The van der Waals surface area contributed by atoms with Crippen LogP contribution in [0.15, 0.2) is 279 Å². The molecule has 0 saturated carbocycles. The van der Waals surface area contributed by atoms with Crippen molar-refractivity contribution in [1.29, 1.82) is 0 Å². The van der Waals surface area contributed by atoms with Crippen LogP contribution >= 0.6 is 0 Å². The van der Waals surface area contributed by atoms with Crippen molar-refractivity contribution in [2.24, 2.45) is 0 Å². The van der Waals surface area contributed by atoms with E-state index >= 15 is 0 Å². The van der Waals surface area contributed by atoms with Crippen LogP contribution in [0.1, 0.15) is 45.6 Å². The number of nitrogens with zero attached hydrogens (tertiary/aromatic N) is 4. The molecule has 0 fully saturated rings. The Kier molecular flexibility index (Phi) is 15.1. The molecular weight excluding hydrogens is 1330 g/mol. The van der Waals surface area contributed by atoms with Crippen molar-refractivity contribution in [3.05, 3.63) is 325 Å². The maximum absolute atomic E-state index is 5.58. The third-order valence-electron chi connectivity index (χ3n) is 18.4. The summed E-state index contributed by atoms with van der Waals surface area (Å²) in [6.45, 7) is 0. The first-order valence-corrected chi connectivity index (χ1v) is 38.8. The molecule has 6 aromatic heterocycles. The number of benzene rings is 8. The molecule has 4 aliphatic heterocycles. The normalized spacial score (nSPS) is 12.2. The van der Waals surface area contributed by atoms with Gasteiger partial charge in [-0.25, -0.2) is 0 Å². The molecule has 0 spiro atoms. The molecule has 10 heteroatoms. The molecule has 0 atom stereocenters. The Morgan fingerprint density at radius 2 is 0.316 bits per heavy atom. The Balaban J connectivity index is 0.737. The van der Waals surface area contributed by atoms with E-state index in [-0.39, 0.29) is 26.3 Å². The fraction of sp³-hybridized carbons (Fsp3) is 0. The molecule has 16 bridgehead atoms. The van der Waals surface area contributed by atoms with Gasteiger partial charge in [-0.15, -0.1) is 0 Å². The molecule has 4 aliphatic rings. The Hall–Kier alpha value is -12.0. The number of H-pyrrole nitrogens is 4. The van der Waals surface area contributed by atoms with Gasteiger partial charge in [0.15, 0.2) is 0 Å². The van der Waals surface area contributed by atoms with Crippen LogP contribution in [-0.4, -0.2) is 66.1 Å². The second-order valence-electron chi connectivity index (χ2n) is 24.4. The number of hydrogen-bond acceptors (Lipinski definition) is 4. The van der Waals surface area contributed by atoms with Crippen molar-refractivity contribution in [2.45, 2.75) is 0 Å². The SMILES string of the molecule is C1=Cc2nc1c(-c1ccccc1)c1ccc([nH]1)c(-c1ccccc1)c1nc(c(-c3ccc([Se][Se]c4ccc(-c5c6nc(c(-c7ccccc7)c7ccc([nH]7)c(-c7ccccc7)c7nc(c(-c8ccccc8)c8ccc5[nH]8)C=C7)C=C6)cc4)cc3)c3ccc([nH]3)c2-c2ccccc2)C=C1. The van der Waals surface area contributed by atoms with E-state index in [9.17, 15) is 0 Å². The first-order valence-electron chi connectivity index (χ1n) is 32.8. The van der Waals surface area contributed by atoms with Gasteiger partial charge in [-0.2, -0.15) is 0 Å². The molecule has 4 N–H and O–H groups in total. The molecule has 98 heavy (non-hydrogen) atoms. The minimum atomic E-state index is 0.186. The summed E-state index contributed by atoms with van der Waals surface area (Å²) in [5.41, 5.74) is 31.7. The van der Waals surface area contributed by atoms with Crippen molar-refractivity contribution >= 4 is 128 Å². The molecule has 462 valence electrons. The van der Waals surface area contributed by atoms with Gasteiger partial charge in [-0.05, 0) is 11.1 Å². The molecular formula is C88H58N8Se2. The van der Waals surface area contributed by atoms with Crippen molar-refractivity contribution in [2.75, 3.05) is 0 Å². The Labute approximate surface area is 577 Å². The maximum atomic E-state index is 5.58. The van der Waals surface area contributed by atoms with Crippen LogP contribution in [0.2, 0.25) is 0 Å². The first-order chi connectivity index (χ1) is 48.5. The predicted molar refractivity (Wildman–Crippen MR) is 412 cm³/mol. The van der Waals surface area contributed by atoms with Gasteiger partial charge in [-0.3, -0.25) is 0 Å². The quantitative estimate of drug-likeness (QED) is 0.0966. The van der Waals surface area contributed by atoms with Crippen LogP contribution in [0.25, 0.3) is 182 Å². The van der Waals surface area contributed by atoms with Crippen LogP contribution in [0.5, 0.6) is 0 Å². The van der Waals surface area contributed by atoms with Gasteiger partial charge in [0.2, 0.25) is 0 Å². The van der Waals surface area contributed by atoms with Crippen molar-refractivity contribution in [3.63, 3.8) is 0 Å². The van der Waals surface area contributed by atoms with Gasteiger partial charge >= 0.3 is 474 Å². The van der Waals surface area contributed by atoms with E-state index in [0.29, 0.717) is 0 Å². The summed E-state index contributed by atoms with van der Waals surface area (Å²) in [5, 5.41) is 0. The molecule has 0 unspecified atom stereocenters. The van der Waals surface area contributed by atoms with E-state index < -0.39 is 0 Å². The number of aromatic amines is 4. The molecule has 0 amide bonds. The van der Waals surface area contributed by atoms with Gasteiger partial charge in [0.25, 0.3) is 0 Å². The zero-order valence-corrected chi connectivity index (χ0v) is 56.2. The summed E-state index contributed by atoms with van der Waals surface area (Å²) >= 11 is 0.372. The van der Waals surface area contributed by atoms with Gasteiger partial charge in [0, 0.05) is 11.1 Å². The van der Waals surface area contributed by atoms with Gasteiger partial charge in [-0.1, -0.05) is 84.9 Å². The molecule has 0 aliphatic carbocycles. The summed E-state index contributed by atoms with van der Waals surface area (Å²) in [7, 11) is 0. The Bertz CT molecular complexity index is 5490. The van der Waals surface area contributed by atoms with Gasteiger partial charge in [0.1, 0.15) is 0 Å². The molecule has 14 aromatic rings. The van der Waals surface area contributed by atoms with Crippen molar-refractivity contribution in [1.82, 2.24) is 39.9 Å². The number of hydrogen-bond donors (Lipinski definition) is 4. The van der Waals surface area contributed by atoms with Crippen LogP contribution in [0.4, 0.5) is 0 Å². The zero-order chi connectivity index (χ0) is 64.9.